The summed E-state index contributed by atoms with van der Waals surface area (Å²) in [6, 6.07) is 9.35. The molecule has 2 unspecified atom stereocenters. The van der Waals surface area contributed by atoms with Gasteiger partial charge in [0.25, 0.3) is 0 Å². The summed E-state index contributed by atoms with van der Waals surface area (Å²) in [6.45, 7) is 5.55. The number of fused-ring (bicyclic) bond motifs is 1. The molecule has 0 radical (unpaired) electrons. The Labute approximate surface area is 122 Å². The molecule has 3 N–H and O–H groups in total. The maximum Gasteiger partial charge on any atom is 0.0741 e. The number of benzene rings is 1. The first kappa shape index (κ1) is 15.3. The number of nitrogens with zero attached hydrogens (tertiary/aromatic N) is 1. The minimum atomic E-state index is -0.703. The number of hydrogen-bond donors (Lipinski definition) is 2. The quantitative estimate of drug-likeness (QED) is 0.785. The second-order valence-electron chi connectivity index (χ2n) is 6.37. The fourth-order valence-corrected chi connectivity index (χ4v) is 2.99. The number of hydrogen-bond acceptors (Lipinski definition) is 3. The smallest absolute Gasteiger partial charge is 0.0741 e. The van der Waals surface area contributed by atoms with Crippen molar-refractivity contribution in [3.63, 3.8) is 0 Å². The van der Waals surface area contributed by atoms with Gasteiger partial charge in [0, 0.05) is 24.8 Å². The van der Waals surface area contributed by atoms with Crippen molar-refractivity contribution in [1.29, 1.82) is 0 Å². The molecule has 3 nitrogen and oxygen atoms in total. The van der Waals surface area contributed by atoms with Gasteiger partial charge in [-0.3, -0.25) is 0 Å². The van der Waals surface area contributed by atoms with Crippen LogP contribution in [0.15, 0.2) is 24.3 Å². The molecule has 0 aliphatic carbocycles. The van der Waals surface area contributed by atoms with Crippen molar-refractivity contribution in [2.24, 2.45) is 5.73 Å². The van der Waals surface area contributed by atoms with Crippen LogP contribution in [0.4, 0.5) is 5.69 Å². The van der Waals surface area contributed by atoms with Crippen molar-refractivity contribution >= 4 is 5.69 Å². The Morgan fingerprint density at radius 1 is 1.35 bits per heavy atom. The summed E-state index contributed by atoms with van der Waals surface area (Å²) in [5.41, 5.74) is 7.72. The summed E-state index contributed by atoms with van der Waals surface area (Å²) in [7, 11) is 0. The molecular formula is C17H28N2O. The SMILES string of the molecule is CC1CCc2ccccc2N1CCCCC(C)(O)CN. The molecule has 1 aromatic rings. The van der Waals surface area contributed by atoms with Gasteiger partial charge in [0.1, 0.15) is 0 Å². The van der Waals surface area contributed by atoms with Crippen LogP contribution >= 0.6 is 0 Å². The molecule has 0 saturated heterocycles. The highest BCUT2D eigenvalue weighted by molar-refractivity contribution is 5.56. The lowest BCUT2D eigenvalue weighted by molar-refractivity contribution is 0.0574. The topological polar surface area (TPSA) is 49.5 Å². The Morgan fingerprint density at radius 2 is 2.10 bits per heavy atom. The van der Waals surface area contributed by atoms with E-state index < -0.39 is 5.60 Å². The Morgan fingerprint density at radius 3 is 2.85 bits per heavy atom. The third kappa shape index (κ3) is 3.74. The van der Waals surface area contributed by atoms with Gasteiger partial charge in [0.15, 0.2) is 0 Å². The number of unbranched alkanes of at least 4 members (excludes halogenated alkanes) is 1. The van der Waals surface area contributed by atoms with E-state index in [0.717, 1.165) is 25.8 Å². The van der Waals surface area contributed by atoms with Crippen molar-refractivity contribution in [2.75, 3.05) is 18.0 Å². The first-order valence-corrected chi connectivity index (χ1v) is 7.80. The average molecular weight is 276 g/mol. The van der Waals surface area contributed by atoms with Crippen LogP contribution in [0, 0.1) is 0 Å². The van der Waals surface area contributed by atoms with Crippen molar-refractivity contribution in [3.05, 3.63) is 29.8 Å². The van der Waals surface area contributed by atoms with Crippen LogP contribution < -0.4 is 10.6 Å². The summed E-state index contributed by atoms with van der Waals surface area (Å²) in [5.74, 6) is 0. The molecule has 112 valence electrons. The molecule has 1 aromatic carbocycles. The van der Waals surface area contributed by atoms with Gasteiger partial charge in [0.2, 0.25) is 0 Å². The van der Waals surface area contributed by atoms with Gasteiger partial charge in [0.05, 0.1) is 5.60 Å². The Hall–Kier alpha value is -1.06. The molecule has 20 heavy (non-hydrogen) atoms. The van der Waals surface area contributed by atoms with Crippen LogP contribution in [0.1, 0.15) is 45.1 Å². The minimum absolute atomic E-state index is 0.343. The van der Waals surface area contributed by atoms with Gasteiger partial charge in [-0.1, -0.05) is 18.2 Å². The molecule has 2 atom stereocenters. The van der Waals surface area contributed by atoms with E-state index in [-0.39, 0.29) is 0 Å². The number of anilines is 1. The molecular weight excluding hydrogens is 248 g/mol. The highest BCUT2D eigenvalue weighted by Gasteiger charge is 2.22. The molecule has 0 amide bonds. The first-order chi connectivity index (χ1) is 9.53. The molecule has 1 heterocycles. The van der Waals surface area contributed by atoms with Crippen LogP contribution in [-0.2, 0) is 6.42 Å². The van der Waals surface area contributed by atoms with Crippen molar-refractivity contribution in [2.45, 2.75) is 57.6 Å². The third-order valence-electron chi connectivity index (χ3n) is 4.47. The van der Waals surface area contributed by atoms with Crippen molar-refractivity contribution < 1.29 is 5.11 Å². The van der Waals surface area contributed by atoms with E-state index in [1.165, 1.54) is 24.1 Å². The summed E-state index contributed by atoms with van der Waals surface area (Å²) in [6.07, 6.45) is 5.34. The maximum atomic E-state index is 9.93. The van der Waals surface area contributed by atoms with Gasteiger partial charge < -0.3 is 15.7 Å². The monoisotopic (exact) mass is 276 g/mol. The van der Waals surface area contributed by atoms with Gasteiger partial charge >= 0.3 is 0 Å². The highest BCUT2D eigenvalue weighted by atomic mass is 16.3. The number of aliphatic hydroxyl groups is 1. The zero-order valence-electron chi connectivity index (χ0n) is 12.8. The fourth-order valence-electron chi connectivity index (χ4n) is 2.99. The lowest BCUT2D eigenvalue weighted by atomic mass is 9.95. The first-order valence-electron chi connectivity index (χ1n) is 7.80. The Bertz CT molecular complexity index is 431. The van der Waals surface area contributed by atoms with Gasteiger partial charge in [-0.2, -0.15) is 0 Å². The van der Waals surface area contributed by atoms with Crippen LogP contribution in [0.5, 0.6) is 0 Å². The molecule has 0 fully saturated rings. The summed E-state index contributed by atoms with van der Waals surface area (Å²) >= 11 is 0. The minimum Gasteiger partial charge on any atom is -0.389 e. The molecule has 0 bridgehead atoms. The van der Waals surface area contributed by atoms with E-state index in [4.69, 9.17) is 5.73 Å². The van der Waals surface area contributed by atoms with Crippen molar-refractivity contribution in [3.8, 4) is 0 Å². The lowest BCUT2D eigenvalue weighted by Crippen LogP contribution is -2.38. The summed E-state index contributed by atoms with van der Waals surface area (Å²) in [5, 5.41) is 9.93. The van der Waals surface area contributed by atoms with Crippen LogP contribution in [-0.4, -0.2) is 29.8 Å². The van der Waals surface area contributed by atoms with Gasteiger partial charge in [-0.15, -0.1) is 0 Å². The number of nitrogens with two attached hydrogens (primary N) is 1. The molecule has 0 aromatic heterocycles. The third-order valence-corrected chi connectivity index (χ3v) is 4.47. The number of para-hydroxylation sites is 1. The Balaban J connectivity index is 1.89. The standard InChI is InChI=1S/C17H28N2O/c1-14-9-10-15-7-3-4-8-16(15)19(14)12-6-5-11-17(2,20)13-18/h3-4,7-8,14,20H,5-6,9-13,18H2,1-2H3. The molecule has 2 rings (SSSR count). The average Bonchev–Trinajstić information content (AvgIpc) is 2.45. The van der Waals surface area contributed by atoms with Gasteiger partial charge in [-0.25, -0.2) is 0 Å². The van der Waals surface area contributed by atoms with E-state index in [0.29, 0.717) is 12.6 Å². The normalized spacial score (nSPS) is 21.4. The second-order valence-corrected chi connectivity index (χ2v) is 6.37. The van der Waals surface area contributed by atoms with E-state index in [1.807, 2.05) is 6.92 Å². The highest BCUT2D eigenvalue weighted by Crippen LogP contribution is 2.30. The van der Waals surface area contributed by atoms with Crippen molar-refractivity contribution in [1.82, 2.24) is 0 Å². The second kappa shape index (κ2) is 6.59. The predicted octanol–water partition coefficient (Wildman–Crippen LogP) is 2.71. The molecule has 0 saturated carbocycles. The van der Waals surface area contributed by atoms with Gasteiger partial charge in [-0.05, 0) is 57.6 Å². The van der Waals surface area contributed by atoms with E-state index >= 15 is 0 Å². The number of rotatable bonds is 6. The fraction of sp³-hybridized carbons (Fsp3) is 0.647. The van der Waals surface area contributed by atoms with E-state index in [1.54, 1.807) is 0 Å². The molecule has 1 aliphatic heterocycles. The molecule has 0 spiro atoms. The molecule has 3 heteroatoms. The zero-order chi connectivity index (χ0) is 14.6. The van der Waals surface area contributed by atoms with Crippen LogP contribution in [0.2, 0.25) is 0 Å². The van der Waals surface area contributed by atoms with E-state index in [9.17, 15) is 5.11 Å². The van der Waals surface area contributed by atoms with Crippen LogP contribution in [0.25, 0.3) is 0 Å². The van der Waals surface area contributed by atoms with Crippen LogP contribution in [0.3, 0.4) is 0 Å². The predicted molar refractivity (Wildman–Crippen MR) is 85.1 cm³/mol. The summed E-state index contributed by atoms with van der Waals surface area (Å²) in [4.78, 5) is 2.52. The number of aryl methyl sites for hydroxylation is 1. The largest absolute Gasteiger partial charge is 0.389 e. The van der Waals surface area contributed by atoms with E-state index in [2.05, 4.69) is 36.1 Å². The maximum absolute atomic E-state index is 9.93. The lowest BCUT2D eigenvalue weighted by Gasteiger charge is -2.37. The molecule has 1 aliphatic rings. The Kier molecular flexibility index (Phi) is 5.06. The zero-order valence-corrected chi connectivity index (χ0v) is 12.8. The summed E-state index contributed by atoms with van der Waals surface area (Å²) < 4.78 is 0.